The van der Waals surface area contributed by atoms with Gasteiger partial charge < -0.3 is 25.2 Å². The van der Waals surface area contributed by atoms with Crippen molar-refractivity contribution in [3.63, 3.8) is 0 Å². The zero-order valence-corrected chi connectivity index (χ0v) is 39.1. The van der Waals surface area contributed by atoms with E-state index in [0.717, 1.165) is 96.3 Å². The molecule has 0 aliphatic carbocycles. The molecule has 0 spiro atoms. The van der Waals surface area contributed by atoms with Gasteiger partial charge in [-0.05, 0) is 89.9 Å². The molecule has 0 fully saturated rings. The molecule has 62 heavy (non-hydrogen) atoms. The average molecular weight is 888 g/mol. The number of carboxylic acids is 1. The van der Waals surface area contributed by atoms with Crippen molar-refractivity contribution in [2.45, 2.75) is 180 Å². The molecule has 0 aromatic heterocycles. The molecular formula is C50H82NO10P. The van der Waals surface area contributed by atoms with Crippen molar-refractivity contribution in [3.8, 4) is 0 Å². The number of aliphatic carboxylic acids is 1. The maximum absolute atomic E-state index is 12.7. The number of nitrogens with two attached hydrogens (primary N) is 1. The van der Waals surface area contributed by atoms with Gasteiger partial charge in [-0.2, -0.15) is 0 Å². The minimum absolute atomic E-state index is 0.141. The van der Waals surface area contributed by atoms with E-state index in [4.69, 9.17) is 24.8 Å². The normalized spacial score (nSPS) is 14.5. The molecule has 0 aliphatic rings. The summed E-state index contributed by atoms with van der Waals surface area (Å²) in [5.41, 5.74) is 5.34. The van der Waals surface area contributed by atoms with Crippen LogP contribution in [0.2, 0.25) is 0 Å². The summed E-state index contributed by atoms with van der Waals surface area (Å²) >= 11 is 0. The number of rotatable bonds is 42. The zero-order valence-electron chi connectivity index (χ0n) is 38.2. The van der Waals surface area contributed by atoms with E-state index < -0.39 is 51.1 Å². The van der Waals surface area contributed by atoms with E-state index in [2.05, 4.69) is 116 Å². The van der Waals surface area contributed by atoms with E-state index in [9.17, 15) is 23.8 Å². The number of hydrogen-bond acceptors (Lipinski definition) is 9. The highest BCUT2D eigenvalue weighted by Crippen LogP contribution is 2.43. The Morgan fingerprint density at radius 2 is 0.855 bits per heavy atom. The first kappa shape index (κ1) is 58.4. The lowest BCUT2D eigenvalue weighted by Crippen LogP contribution is -2.34. The molecule has 0 heterocycles. The number of allylic oxidation sites excluding steroid dienone is 16. The fraction of sp³-hybridized carbons (Fsp3) is 0.620. The van der Waals surface area contributed by atoms with Crippen molar-refractivity contribution in [1.29, 1.82) is 0 Å². The summed E-state index contributed by atoms with van der Waals surface area (Å²) in [5.74, 6) is -2.45. The van der Waals surface area contributed by atoms with Crippen molar-refractivity contribution in [1.82, 2.24) is 0 Å². The lowest BCUT2D eigenvalue weighted by Gasteiger charge is -2.20. The fourth-order valence-corrected chi connectivity index (χ4v) is 6.53. The summed E-state index contributed by atoms with van der Waals surface area (Å²) < 4.78 is 32.7. The van der Waals surface area contributed by atoms with Gasteiger partial charge in [0.15, 0.2) is 6.10 Å². The molecule has 12 heteroatoms. The minimum atomic E-state index is -4.74. The van der Waals surface area contributed by atoms with Crippen molar-refractivity contribution >= 4 is 25.7 Å². The topological polar surface area (TPSA) is 172 Å². The van der Waals surface area contributed by atoms with Gasteiger partial charge in [0.25, 0.3) is 0 Å². The molecule has 0 aromatic carbocycles. The Bertz CT molecular complexity index is 1410. The number of hydrogen-bond donors (Lipinski definition) is 3. The number of esters is 2. The Balaban J connectivity index is 4.36. The molecule has 11 nitrogen and oxygen atoms in total. The summed E-state index contributed by atoms with van der Waals surface area (Å²) in [6.45, 7) is 2.52. The second-order valence-electron chi connectivity index (χ2n) is 15.1. The van der Waals surface area contributed by atoms with E-state index in [-0.39, 0.29) is 19.4 Å². The van der Waals surface area contributed by atoms with Crippen LogP contribution < -0.4 is 5.73 Å². The molecular weight excluding hydrogens is 806 g/mol. The fourth-order valence-electron chi connectivity index (χ4n) is 5.75. The maximum Gasteiger partial charge on any atom is 0.472 e. The van der Waals surface area contributed by atoms with Crippen molar-refractivity contribution in [3.05, 3.63) is 97.2 Å². The summed E-state index contributed by atoms with van der Waals surface area (Å²) in [6.07, 6.45) is 56.2. The van der Waals surface area contributed by atoms with Gasteiger partial charge >= 0.3 is 25.7 Å². The zero-order chi connectivity index (χ0) is 45.6. The standard InChI is InChI=1S/C50H82NO10P/c1-3-5-7-9-11-13-15-17-19-20-21-22-23-24-25-26-28-30-32-34-36-38-40-42-49(53)61-46(44-59-62(56,57)60-45-47(51)50(54)55)43-58-48(52)41-39-37-35-33-31-29-27-18-16-14-12-10-8-6-4-2/h5-8,11-14,17-19,21-22,27,31,33,46-47H,3-4,9-10,15-16,20,23-26,28-30,32,34-45,51H2,1-2H3,(H,54,55)(H,56,57)/b7-5-,8-6-,13-11-,14-12-,19-17-,22-21-,27-18-,33-31-. The van der Waals surface area contributed by atoms with Gasteiger partial charge in [-0.15, -0.1) is 0 Å². The predicted molar refractivity (Wildman–Crippen MR) is 253 cm³/mol. The lowest BCUT2D eigenvalue weighted by molar-refractivity contribution is -0.161. The highest BCUT2D eigenvalue weighted by atomic mass is 31.2. The van der Waals surface area contributed by atoms with Gasteiger partial charge in [0, 0.05) is 12.8 Å². The van der Waals surface area contributed by atoms with Crippen molar-refractivity contribution in [2.75, 3.05) is 19.8 Å². The highest BCUT2D eigenvalue weighted by Gasteiger charge is 2.28. The largest absolute Gasteiger partial charge is 0.480 e. The smallest absolute Gasteiger partial charge is 0.472 e. The SMILES string of the molecule is CC/C=C\C/C=C\C/C=C\C/C=C\CCCCCCCCCCCCC(=O)OC(COC(=O)CCCC/C=C\C/C=C\C/C=C\C/C=C\CC)COP(=O)(O)OCC(N)C(=O)O. The Hall–Kier alpha value is -3.60. The van der Waals surface area contributed by atoms with Gasteiger partial charge in [-0.25, -0.2) is 4.57 Å². The summed E-state index contributed by atoms with van der Waals surface area (Å²) in [4.78, 5) is 46.0. The monoisotopic (exact) mass is 888 g/mol. The van der Waals surface area contributed by atoms with Crippen molar-refractivity contribution in [2.24, 2.45) is 5.73 Å². The molecule has 0 saturated carbocycles. The molecule has 0 radical (unpaired) electrons. The molecule has 0 aliphatic heterocycles. The Morgan fingerprint density at radius 1 is 0.500 bits per heavy atom. The van der Waals surface area contributed by atoms with E-state index in [0.29, 0.717) is 12.8 Å². The summed E-state index contributed by atoms with van der Waals surface area (Å²) in [7, 11) is -4.74. The van der Waals surface area contributed by atoms with Gasteiger partial charge in [-0.3, -0.25) is 23.4 Å². The first-order valence-electron chi connectivity index (χ1n) is 23.3. The number of phosphoric ester groups is 1. The minimum Gasteiger partial charge on any atom is -0.480 e. The van der Waals surface area contributed by atoms with Crippen LogP contribution >= 0.6 is 7.82 Å². The number of ether oxygens (including phenoxy) is 2. The van der Waals surface area contributed by atoms with Gasteiger partial charge in [0.2, 0.25) is 0 Å². The van der Waals surface area contributed by atoms with E-state index in [1.165, 1.54) is 32.1 Å². The number of carbonyl (C=O) groups is 3. The molecule has 0 saturated heterocycles. The lowest BCUT2D eigenvalue weighted by atomic mass is 10.0. The first-order chi connectivity index (χ1) is 30.1. The quantitative estimate of drug-likeness (QED) is 0.0230. The molecule has 0 bridgehead atoms. The van der Waals surface area contributed by atoms with Crippen LogP contribution in [0.15, 0.2) is 97.2 Å². The molecule has 4 N–H and O–H groups in total. The second-order valence-corrected chi connectivity index (χ2v) is 16.6. The average Bonchev–Trinajstić information content (AvgIpc) is 3.25. The molecule has 0 amide bonds. The third-order valence-corrected chi connectivity index (χ3v) is 10.3. The highest BCUT2D eigenvalue weighted by molar-refractivity contribution is 7.47. The van der Waals surface area contributed by atoms with E-state index in [1.807, 2.05) is 0 Å². The number of phosphoric acid groups is 1. The molecule has 3 atom stereocenters. The summed E-state index contributed by atoms with van der Waals surface area (Å²) in [5, 5.41) is 8.90. The van der Waals surface area contributed by atoms with Crippen LogP contribution in [0.4, 0.5) is 0 Å². The maximum atomic E-state index is 12.7. The molecule has 0 rings (SSSR count). The Labute approximate surface area is 375 Å². The third kappa shape index (κ3) is 43.1. The van der Waals surface area contributed by atoms with Crippen LogP contribution in [-0.4, -0.2) is 59.9 Å². The van der Waals surface area contributed by atoms with Crippen LogP contribution in [0.25, 0.3) is 0 Å². The van der Waals surface area contributed by atoms with Gasteiger partial charge in [-0.1, -0.05) is 162 Å². The number of unbranched alkanes of at least 4 members (excludes halogenated alkanes) is 12. The number of carboxylic acid groups (broad SMARTS) is 1. The van der Waals surface area contributed by atoms with Crippen LogP contribution in [0, 0.1) is 0 Å². The molecule has 3 unspecified atom stereocenters. The Kier molecular flexibility index (Phi) is 41.5. The van der Waals surface area contributed by atoms with Crippen LogP contribution in [0.5, 0.6) is 0 Å². The van der Waals surface area contributed by atoms with Crippen LogP contribution in [0.1, 0.15) is 168 Å². The third-order valence-electron chi connectivity index (χ3n) is 9.33. The second kappa shape index (κ2) is 44.0. The number of carbonyl (C=O) groups excluding carboxylic acids is 2. The molecule has 352 valence electrons. The Morgan fingerprint density at radius 3 is 1.31 bits per heavy atom. The van der Waals surface area contributed by atoms with E-state index in [1.54, 1.807) is 0 Å². The molecule has 0 aromatic rings. The van der Waals surface area contributed by atoms with Gasteiger partial charge in [0.05, 0.1) is 13.2 Å². The van der Waals surface area contributed by atoms with Gasteiger partial charge in [0.1, 0.15) is 12.6 Å². The summed E-state index contributed by atoms with van der Waals surface area (Å²) in [6, 6.07) is -1.53. The predicted octanol–water partition coefficient (Wildman–Crippen LogP) is 12.8. The van der Waals surface area contributed by atoms with Crippen LogP contribution in [0.3, 0.4) is 0 Å². The van der Waals surface area contributed by atoms with E-state index >= 15 is 0 Å². The van der Waals surface area contributed by atoms with Crippen molar-refractivity contribution < 1.29 is 47.5 Å². The first-order valence-corrected chi connectivity index (χ1v) is 24.8. The van der Waals surface area contributed by atoms with Crippen LogP contribution in [-0.2, 0) is 37.5 Å².